The number of fused-ring (bicyclic) bond motifs is 1. The van der Waals surface area contributed by atoms with Gasteiger partial charge in [-0.2, -0.15) is 0 Å². The first-order chi connectivity index (χ1) is 14.5. The monoisotopic (exact) mass is 467 g/mol. The SMILES string of the molecule is CCCC=C1SC(=O)N(CCCCOc2cccn3cc(C(=O)OCC)nc23)C1=O.Cl. The molecule has 0 atom stereocenters. The fraction of sp³-hybridized carbons (Fsp3) is 0.429. The summed E-state index contributed by atoms with van der Waals surface area (Å²) in [6.45, 7) is 4.84. The van der Waals surface area contributed by atoms with E-state index in [0.717, 1.165) is 24.6 Å². The van der Waals surface area contributed by atoms with Gasteiger partial charge in [0.2, 0.25) is 0 Å². The minimum Gasteiger partial charge on any atom is -0.490 e. The van der Waals surface area contributed by atoms with E-state index < -0.39 is 5.97 Å². The summed E-state index contributed by atoms with van der Waals surface area (Å²) < 4.78 is 12.5. The van der Waals surface area contributed by atoms with Crippen LogP contribution in [0.5, 0.6) is 5.75 Å². The predicted octanol–water partition coefficient (Wildman–Crippen LogP) is 4.47. The number of aromatic nitrogens is 2. The summed E-state index contributed by atoms with van der Waals surface area (Å²) in [7, 11) is 0. The van der Waals surface area contributed by atoms with Crippen LogP contribution in [0.4, 0.5) is 4.79 Å². The van der Waals surface area contributed by atoms with Crippen molar-refractivity contribution in [3.05, 3.63) is 41.2 Å². The molecule has 2 aromatic heterocycles. The molecule has 0 bridgehead atoms. The number of imide groups is 1. The van der Waals surface area contributed by atoms with Crippen molar-refractivity contribution in [2.45, 2.75) is 39.5 Å². The number of halogens is 1. The van der Waals surface area contributed by atoms with Gasteiger partial charge in [-0.15, -0.1) is 12.4 Å². The van der Waals surface area contributed by atoms with E-state index in [1.165, 1.54) is 4.90 Å². The van der Waals surface area contributed by atoms with Crippen molar-refractivity contribution in [3.63, 3.8) is 0 Å². The van der Waals surface area contributed by atoms with Crippen LogP contribution >= 0.6 is 24.2 Å². The van der Waals surface area contributed by atoms with Crippen LogP contribution in [0.25, 0.3) is 5.65 Å². The summed E-state index contributed by atoms with van der Waals surface area (Å²) in [4.78, 5) is 42.3. The van der Waals surface area contributed by atoms with Crippen LogP contribution in [0.2, 0.25) is 0 Å². The van der Waals surface area contributed by atoms with Crippen LogP contribution in [-0.2, 0) is 9.53 Å². The fourth-order valence-electron chi connectivity index (χ4n) is 2.96. The lowest BCUT2D eigenvalue weighted by Gasteiger charge is -2.12. The normalized spacial score (nSPS) is 14.9. The number of pyridine rings is 1. The van der Waals surface area contributed by atoms with Gasteiger partial charge in [-0.3, -0.25) is 14.5 Å². The summed E-state index contributed by atoms with van der Waals surface area (Å²) in [6.07, 6.45) is 8.26. The molecule has 0 radical (unpaired) electrons. The van der Waals surface area contributed by atoms with E-state index in [2.05, 4.69) is 4.98 Å². The molecule has 3 heterocycles. The first-order valence-electron chi connectivity index (χ1n) is 10.1. The second-order valence-corrected chi connectivity index (χ2v) is 7.68. The number of carbonyl (C=O) groups is 3. The third kappa shape index (κ3) is 6.01. The van der Waals surface area contributed by atoms with E-state index in [0.29, 0.717) is 42.3 Å². The molecule has 0 saturated carbocycles. The van der Waals surface area contributed by atoms with Gasteiger partial charge >= 0.3 is 5.97 Å². The number of hydrogen-bond donors (Lipinski definition) is 0. The molecule has 2 aromatic rings. The zero-order valence-corrected chi connectivity index (χ0v) is 19.2. The summed E-state index contributed by atoms with van der Waals surface area (Å²) in [5.41, 5.74) is 0.760. The lowest BCUT2D eigenvalue weighted by molar-refractivity contribution is -0.122. The Hall–Kier alpha value is -2.52. The number of allylic oxidation sites excluding steroid dienone is 1. The Bertz CT molecular complexity index is 975. The summed E-state index contributed by atoms with van der Waals surface area (Å²) in [5.74, 6) is -0.118. The number of imidazole rings is 1. The number of hydrogen-bond acceptors (Lipinski definition) is 7. The van der Waals surface area contributed by atoms with Crippen molar-refractivity contribution in [3.8, 4) is 5.75 Å². The van der Waals surface area contributed by atoms with Gasteiger partial charge in [0.05, 0.1) is 18.1 Å². The highest BCUT2D eigenvalue weighted by Crippen LogP contribution is 2.31. The molecule has 1 saturated heterocycles. The highest BCUT2D eigenvalue weighted by Gasteiger charge is 2.34. The lowest BCUT2D eigenvalue weighted by Crippen LogP contribution is -2.29. The van der Waals surface area contributed by atoms with Gasteiger partial charge in [0.15, 0.2) is 17.1 Å². The first kappa shape index (κ1) is 24.7. The van der Waals surface area contributed by atoms with Gasteiger partial charge < -0.3 is 13.9 Å². The molecule has 1 aliphatic heterocycles. The molecule has 1 aliphatic rings. The van der Waals surface area contributed by atoms with E-state index in [-0.39, 0.29) is 35.9 Å². The Morgan fingerprint density at radius 3 is 2.81 bits per heavy atom. The van der Waals surface area contributed by atoms with Crippen molar-refractivity contribution >= 4 is 46.9 Å². The van der Waals surface area contributed by atoms with Crippen molar-refractivity contribution in [1.29, 1.82) is 0 Å². The first-order valence-corrected chi connectivity index (χ1v) is 10.9. The number of amides is 2. The van der Waals surface area contributed by atoms with Gasteiger partial charge in [0, 0.05) is 18.9 Å². The second kappa shape index (κ2) is 11.8. The van der Waals surface area contributed by atoms with Gasteiger partial charge in [-0.25, -0.2) is 9.78 Å². The maximum Gasteiger partial charge on any atom is 0.358 e. The molecule has 10 heteroatoms. The summed E-state index contributed by atoms with van der Waals surface area (Å²) in [5, 5.41) is -0.211. The van der Waals surface area contributed by atoms with Crippen LogP contribution < -0.4 is 4.74 Å². The molecular formula is C21H26ClN3O5S. The molecule has 0 aromatic carbocycles. The molecule has 0 aliphatic carbocycles. The number of carbonyl (C=O) groups excluding carboxylic acids is 3. The van der Waals surface area contributed by atoms with E-state index in [1.807, 2.05) is 19.1 Å². The molecule has 0 N–H and O–H groups in total. The largest absolute Gasteiger partial charge is 0.490 e. The van der Waals surface area contributed by atoms with Crippen LogP contribution in [0.1, 0.15) is 50.0 Å². The summed E-state index contributed by atoms with van der Waals surface area (Å²) >= 11 is 1.01. The van der Waals surface area contributed by atoms with Crippen molar-refractivity contribution in [2.24, 2.45) is 0 Å². The van der Waals surface area contributed by atoms with Crippen molar-refractivity contribution in [1.82, 2.24) is 14.3 Å². The Morgan fingerprint density at radius 1 is 1.26 bits per heavy atom. The lowest BCUT2D eigenvalue weighted by atomic mass is 10.3. The number of esters is 1. The quantitative estimate of drug-likeness (QED) is 0.289. The van der Waals surface area contributed by atoms with Crippen LogP contribution in [-0.4, -0.2) is 51.2 Å². The van der Waals surface area contributed by atoms with Gasteiger partial charge in [0.25, 0.3) is 11.1 Å². The average Bonchev–Trinajstić information content (AvgIpc) is 3.29. The third-order valence-electron chi connectivity index (χ3n) is 4.46. The van der Waals surface area contributed by atoms with Crippen LogP contribution in [0.3, 0.4) is 0 Å². The molecular weight excluding hydrogens is 442 g/mol. The zero-order chi connectivity index (χ0) is 21.5. The number of unbranched alkanes of at least 4 members (excludes halogenated alkanes) is 2. The van der Waals surface area contributed by atoms with Gasteiger partial charge in [0.1, 0.15) is 0 Å². The second-order valence-electron chi connectivity index (χ2n) is 6.69. The van der Waals surface area contributed by atoms with E-state index in [4.69, 9.17) is 9.47 Å². The molecule has 31 heavy (non-hydrogen) atoms. The average molecular weight is 468 g/mol. The topological polar surface area (TPSA) is 90.2 Å². The Kier molecular flexibility index (Phi) is 9.39. The maximum atomic E-state index is 12.3. The number of rotatable bonds is 10. The van der Waals surface area contributed by atoms with Gasteiger partial charge in [-0.1, -0.05) is 19.4 Å². The molecule has 168 valence electrons. The predicted molar refractivity (Wildman–Crippen MR) is 121 cm³/mol. The molecule has 0 unspecified atom stereocenters. The van der Waals surface area contributed by atoms with Crippen LogP contribution in [0, 0.1) is 0 Å². The smallest absolute Gasteiger partial charge is 0.358 e. The van der Waals surface area contributed by atoms with Gasteiger partial charge in [-0.05, 0) is 50.1 Å². The van der Waals surface area contributed by atoms with E-state index in [1.54, 1.807) is 29.8 Å². The highest BCUT2D eigenvalue weighted by molar-refractivity contribution is 8.18. The van der Waals surface area contributed by atoms with Crippen LogP contribution in [0.15, 0.2) is 35.5 Å². The Morgan fingerprint density at radius 2 is 2.06 bits per heavy atom. The molecule has 2 amide bonds. The molecule has 8 nitrogen and oxygen atoms in total. The zero-order valence-electron chi connectivity index (χ0n) is 17.5. The van der Waals surface area contributed by atoms with Crippen molar-refractivity contribution in [2.75, 3.05) is 19.8 Å². The van der Waals surface area contributed by atoms with Crippen molar-refractivity contribution < 1.29 is 23.9 Å². The fourth-order valence-corrected chi connectivity index (χ4v) is 3.83. The molecule has 0 spiro atoms. The number of ether oxygens (including phenoxy) is 2. The third-order valence-corrected chi connectivity index (χ3v) is 5.41. The summed E-state index contributed by atoms with van der Waals surface area (Å²) in [6, 6.07) is 3.59. The Balaban J connectivity index is 0.00000341. The Labute approximate surface area is 191 Å². The number of thioether (sulfide) groups is 1. The van der Waals surface area contributed by atoms with E-state index >= 15 is 0 Å². The minimum atomic E-state index is -0.475. The standard InChI is InChI=1S/C21H25N3O5S.ClH/c1-3-5-10-17-19(25)24(21(27)30-17)12-6-7-13-29-16-9-8-11-23-14-15(22-18(16)23)20(26)28-4-2;/h8-11,14H,3-7,12-13H2,1-2H3;1H. The minimum absolute atomic E-state index is 0. The maximum absolute atomic E-state index is 12.3. The highest BCUT2D eigenvalue weighted by atomic mass is 35.5. The molecule has 3 rings (SSSR count). The van der Waals surface area contributed by atoms with E-state index in [9.17, 15) is 14.4 Å². The number of nitrogens with zero attached hydrogens (tertiary/aromatic N) is 3. The molecule has 1 fully saturated rings.